The fraction of sp³-hybridized carbons (Fsp3) is 0.708. The predicted octanol–water partition coefficient (Wildman–Crippen LogP) is 3.36. The number of benzene rings is 1. The molecule has 1 atom stereocenters. The van der Waals surface area contributed by atoms with Crippen LogP contribution in [0.2, 0.25) is 0 Å². The smallest absolute Gasteiger partial charge is 0.194 e. The molecule has 2 saturated heterocycles. The molecule has 3 aliphatic rings. The molecule has 3 aliphatic heterocycles. The van der Waals surface area contributed by atoms with E-state index in [1.807, 2.05) is 6.07 Å². The molecule has 0 spiro atoms. The molecule has 4 rings (SSSR count). The summed E-state index contributed by atoms with van der Waals surface area (Å²) >= 11 is 0. The van der Waals surface area contributed by atoms with E-state index >= 15 is 0 Å². The lowest BCUT2D eigenvalue weighted by Gasteiger charge is -2.35. The molecule has 1 aromatic carbocycles. The maximum atomic E-state index is 6.17. The lowest BCUT2D eigenvalue weighted by molar-refractivity contribution is -0.0721. The normalized spacial score (nSPS) is 22.8. The third-order valence-corrected chi connectivity index (χ3v) is 6.09. The average molecular weight is 432 g/mol. The van der Waals surface area contributed by atoms with E-state index < -0.39 is 0 Å². The molecule has 31 heavy (non-hydrogen) atoms. The lowest BCUT2D eigenvalue weighted by atomic mass is 10.1. The first-order valence-electron chi connectivity index (χ1n) is 12.0. The Morgan fingerprint density at radius 3 is 2.68 bits per heavy atom. The summed E-state index contributed by atoms with van der Waals surface area (Å²) in [7, 11) is 0. The Labute approximate surface area is 186 Å². The SMILES string of the molecule is CCNC(=NCc1ccc2c(c1)OCCCO2)N1CCC(OCC2CCCCO2)CC1. The van der Waals surface area contributed by atoms with Crippen molar-refractivity contribution < 1.29 is 18.9 Å². The van der Waals surface area contributed by atoms with Crippen LogP contribution in [0.4, 0.5) is 0 Å². The van der Waals surface area contributed by atoms with Gasteiger partial charge in [0.15, 0.2) is 17.5 Å². The molecule has 0 saturated carbocycles. The van der Waals surface area contributed by atoms with Gasteiger partial charge in [-0.2, -0.15) is 0 Å². The van der Waals surface area contributed by atoms with Crippen molar-refractivity contribution in [3.63, 3.8) is 0 Å². The Morgan fingerprint density at radius 2 is 1.90 bits per heavy atom. The van der Waals surface area contributed by atoms with Gasteiger partial charge in [-0.15, -0.1) is 0 Å². The molecular weight excluding hydrogens is 394 g/mol. The molecule has 1 aromatic rings. The van der Waals surface area contributed by atoms with E-state index in [1.165, 1.54) is 12.8 Å². The highest BCUT2D eigenvalue weighted by atomic mass is 16.5. The van der Waals surface area contributed by atoms with Gasteiger partial charge in [0.05, 0.1) is 38.6 Å². The van der Waals surface area contributed by atoms with Crippen molar-refractivity contribution in [2.24, 2.45) is 4.99 Å². The van der Waals surface area contributed by atoms with Crippen LogP contribution in [-0.2, 0) is 16.0 Å². The molecule has 7 heteroatoms. The number of nitrogens with zero attached hydrogens (tertiary/aromatic N) is 2. The molecular formula is C24H37N3O4. The molecule has 0 radical (unpaired) electrons. The number of rotatable bonds is 6. The molecule has 1 unspecified atom stereocenters. The summed E-state index contributed by atoms with van der Waals surface area (Å²) in [4.78, 5) is 7.25. The van der Waals surface area contributed by atoms with Crippen LogP contribution in [0.1, 0.15) is 51.0 Å². The van der Waals surface area contributed by atoms with Crippen LogP contribution >= 0.6 is 0 Å². The van der Waals surface area contributed by atoms with Crippen molar-refractivity contribution in [3.05, 3.63) is 23.8 Å². The van der Waals surface area contributed by atoms with Crippen LogP contribution in [0, 0.1) is 0 Å². The number of guanidine groups is 1. The van der Waals surface area contributed by atoms with Gasteiger partial charge in [-0.05, 0) is 56.7 Å². The van der Waals surface area contributed by atoms with Crippen molar-refractivity contribution in [2.45, 2.75) is 64.2 Å². The topological polar surface area (TPSA) is 64.6 Å². The average Bonchev–Trinajstić information content (AvgIpc) is 3.06. The number of aliphatic imine (C=N–C) groups is 1. The van der Waals surface area contributed by atoms with Crippen LogP contribution in [0.3, 0.4) is 0 Å². The second kappa shape index (κ2) is 11.6. The second-order valence-electron chi connectivity index (χ2n) is 8.51. The first-order valence-corrected chi connectivity index (χ1v) is 12.0. The van der Waals surface area contributed by atoms with E-state index in [4.69, 9.17) is 23.9 Å². The largest absolute Gasteiger partial charge is 0.490 e. The number of nitrogens with one attached hydrogen (secondary N) is 1. The summed E-state index contributed by atoms with van der Waals surface area (Å²) in [5.41, 5.74) is 1.13. The van der Waals surface area contributed by atoms with Crippen LogP contribution in [0.25, 0.3) is 0 Å². The fourth-order valence-corrected chi connectivity index (χ4v) is 4.31. The zero-order chi connectivity index (χ0) is 21.3. The predicted molar refractivity (Wildman–Crippen MR) is 121 cm³/mol. The van der Waals surface area contributed by atoms with E-state index in [1.54, 1.807) is 0 Å². The highest BCUT2D eigenvalue weighted by molar-refractivity contribution is 5.80. The van der Waals surface area contributed by atoms with E-state index in [0.717, 1.165) is 81.6 Å². The van der Waals surface area contributed by atoms with Crippen molar-refractivity contribution in [2.75, 3.05) is 46.1 Å². The monoisotopic (exact) mass is 431 g/mol. The van der Waals surface area contributed by atoms with Gasteiger partial charge in [0.2, 0.25) is 0 Å². The summed E-state index contributed by atoms with van der Waals surface area (Å²) in [6.45, 7) is 8.55. The highest BCUT2D eigenvalue weighted by Gasteiger charge is 2.24. The quantitative estimate of drug-likeness (QED) is 0.550. The van der Waals surface area contributed by atoms with E-state index in [0.29, 0.717) is 32.0 Å². The maximum Gasteiger partial charge on any atom is 0.194 e. The summed E-state index contributed by atoms with van der Waals surface area (Å²) in [5.74, 6) is 2.64. The van der Waals surface area contributed by atoms with Gasteiger partial charge in [-0.25, -0.2) is 4.99 Å². The third kappa shape index (κ3) is 6.50. The summed E-state index contributed by atoms with van der Waals surface area (Å²) in [5, 5.41) is 3.45. The zero-order valence-corrected chi connectivity index (χ0v) is 18.8. The number of fused-ring (bicyclic) bond motifs is 1. The first kappa shape index (κ1) is 22.2. The molecule has 2 fully saturated rings. The van der Waals surface area contributed by atoms with Crippen molar-refractivity contribution >= 4 is 5.96 Å². The van der Waals surface area contributed by atoms with Gasteiger partial charge in [-0.3, -0.25) is 0 Å². The van der Waals surface area contributed by atoms with Gasteiger partial charge in [-0.1, -0.05) is 6.07 Å². The van der Waals surface area contributed by atoms with Crippen LogP contribution in [0.5, 0.6) is 11.5 Å². The number of ether oxygens (including phenoxy) is 4. The van der Waals surface area contributed by atoms with Gasteiger partial charge < -0.3 is 29.2 Å². The van der Waals surface area contributed by atoms with E-state index in [2.05, 4.69) is 29.3 Å². The standard InChI is InChI=1S/C24H37N3O4/c1-2-25-24(26-17-19-7-8-22-23(16-19)30-15-5-14-29-22)27-11-9-20(10-12-27)31-18-21-6-3-4-13-28-21/h7-8,16,20-21H,2-6,9-15,17-18H2,1H3,(H,25,26). The van der Waals surface area contributed by atoms with Crippen LogP contribution < -0.4 is 14.8 Å². The zero-order valence-electron chi connectivity index (χ0n) is 18.8. The summed E-state index contributed by atoms with van der Waals surface area (Å²) in [6, 6.07) is 6.13. The molecule has 0 aliphatic carbocycles. The number of likely N-dealkylation sites (tertiary alicyclic amines) is 1. The third-order valence-electron chi connectivity index (χ3n) is 6.09. The van der Waals surface area contributed by atoms with Crippen molar-refractivity contribution in [1.29, 1.82) is 0 Å². The highest BCUT2D eigenvalue weighted by Crippen LogP contribution is 2.30. The van der Waals surface area contributed by atoms with Gasteiger partial charge >= 0.3 is 0 Å². The van der Waals surface area contributed by atoms with Crippen molar-refractivity contribution in [3.8, 4) is 11.5 Å². The molecule has 172 valence electrons. The number of hydrogen-bond acceptors (Lipinski definition) is 5. The fourth-order valence-electron chi connectivity index (χ4n) is 4.31. The second-order valence-corrected chi connectivity index (χ2v) is 8.51. The lowest BCUT2D eigenvalue weighted by Crippen LogP contribution is -2.47. The molecule has 0 amide bonds. The van der Waals surface area contributed by atoms with E-state index in [-0.39, 0.29) is 0 Å². The number of hydrogen-bond donors (Lipinski definition) is 1. The number of piperidine rings is 1. The Morgan fingerprint density at radius 1 is 1.06 bits per heavy atom. The molecule has 1 N–H and O–H groups in total. The van der Waals surface area contributed by atoms with Gasteiger partial charge in [0, 0.05) is 32.7 Å². The molecule has 0 bridgehead atoms. The van der Waals surface area contributed by atoms with Crippen LogP contribution in [-0.4, -0.2) is 69.1 Å². The minimum absolute atomic E-state index is 0.293. The Kier molecular flexibility index (Phi) is 8.30. The Bertz CT molecular complexity index is 713. The molecule has 3 heterocycles. The molecule has 0 aromatic heterocycles. The van der Waals surface area contributed by atoms with Crippen molar-refractivity contribution in [1.82, 2.24) is 10.2 Å². The Hall–Kier alpha value is -1.99. The molecule has 7 nitrogen and oxygen atoms in total. The summed E-state index contributed by atoms with van der Waals surface area (Å²) in [6.07, 6.45) is 7.18. The Balaban J connectivity index is 1.28. The maximum absolute atomic E-state index is 6.17. The minimum Gasteiger partial charge on any atom is -0.490 e. The van der Waals surface area contributed by atoms with Gasteiger partial charge in [0.1, 0.15) is 0 Å². The summed E-state index contributed by atoms with van der Waals surface area (Å²) < 4.78 is 23.5. The minimum atomic E-state index is 0.293. The first-order chi connectivity index (χ1) is 15.3. The van der Waals surface area contributed by atoms with E-state index in [9.17, 15) is 0 Å². The van der Waals surface area contributed by atoms with Crippen LogP contribution in [0.15, 0.2) is 23.2 Å². The van der Waals surface area contributed by atoms with Gasteiger partial charge in [0.25, 0.3) is 0 Å².